The van der Waals surface area contributed by atoms with Gasteiger partial charge in [0.15, 0.2) is 6.29 Å². The van der Waals surface area contributed by atoms with Crippen LogP contribution in [0, 0.1) is 11.8 Å². The molecular formula is C21H38BO5. The normalized spacial score (nSPS) is 23.7. The summed E-state index contributed by atoms with van der Waals surface area (Å²) in [6, 6.07) is 0. The number of esters is 1. The van der Waals surface area contributed by atoms with E-state index in [0.717, 1.165) is 37.5 Å². The first-order chi connectivity index (χ1) is 12.6. The summed E-state index contributed by atoms with van der Waals surface area (Å²) < 4.78 is 20.9. The summed E-state index contributed by atoms with van der Waals surface area (Å²) in [5.41, 5.74) is 0. The Morgan fingerprint density at radius 3 is 1.96 bits per heavy atom. The van der Waals surface area contributed by atoms with E-state index in [4.69, 9.17) is 18.9 Å². The lowest BCUT2D eigenvalue weighted by Gasteiger charge is -2.25. The quantitative estimate of drug-likeness (QED) is 0.353. The lowest BCUT2D eigenvalue weighted by atomic mass is 9.96. The highest BCUT2D eigenvalue weighted by Gasteiger charge is 2.18. The summed E-state index contributed by atoms with van der Waals surface area (Å²) in [4.78, 5) is 10.6. The summed E-state index contributed by atoms with van der Waals surface area (Å²) in [5, 5.41) is 0. The summed E-state index contributed by atoms with van der Waals surface area (Å²) in [6.45, 7) is 5.93. The van der Waals surface area contributed by atoms with E-state index in [1.54, 1.807) is 14.2 Å². The van der Waals surface area contributed by atoms with Crippen molar-refractivity contribution < 1.29 is 23.7 Å². The zero-order valence-corrected chi connectivity index (χ0v) is 17.7. The zero-order chi connectivity index (χ0) is 19.2. The van der Waals surface area contributed by atoms with Crippen molar-refractivity contribution >= 4 is 14.4 Å². The van der Waals surface area contributed by atoms with Gasteiger partial charge in [-0.15, -0.1) is 0 Å². The van der Waals surface area contributed by atoms with Gasteiger partial charge in [-0.1, -0.05) is 26.7 Å². The van der Waals surface area contributed by atoms with Crippen LogP contribution in [0.2, 0.25) is 0 Å². The molecule has 0 aliphatic carbocycles. The second-order valence-electron chi connectivity index (χ2n) is 7.19. The fraction of sp³-hybridized carbons (Fsp3) is 0.857. The number of carbonyl (C=O) groups excluding carboxylic acids is 1. The Morgan fingerprint density at radius 2 is 1.56 bits per heavy atom. The lowest BCUT2D eigenvalue weighted by molar-refractivity contribution is -0.149. The minimum Gasteiger partial charge on any atom is -0.498 e. The molecule has 0 aromatic rings. The monoisotopic (exact) mass is 381 g/mol. The minimum atomic E-state index is -0.149. The fourth-order valence-corrected chi connectivity index (χ4v) is 3.36. The van der Waals surface area contributed by atoms with Gasteiger partial charge in [-0.05, 0) is 43.6 Å². The molecule has 2 heterocycles. The van der Waals surface area contributed by atoms with Crippen molar-refractivity contribution in [3.8, 4) is 0 Å². The minimum absolute atomic E-state index is 0. The highest BCUT2D eigenvalue weighted by atomic mass is 16.7. The van der Waals surface area contributed by atoms with Crippen LogP contribution in [0.3, 0.4) is 0 Å². The van der Waals surface area contributed by atoms with Gasteiger partial charge in [0.1, 0.15) is 0 Å². The predicted molar refractivity (Wildman–Crippen MR) is 108 cm³/mol. The van der Waals surface area contributed by atoms with Crippen molar-refractivity contribution in [3.05, 3.63) is 11.8 Å². The maximum Gasteiger partial charge on any atom is 0.305 e. The van der Waals surface area contributed by atoms with Crippen LogP contribution in [0.15, 0.2) is 11.8 Å². The topological polar surface area (TPSA) is 54.0 Å². The molecule has 0 spiro atoms. The summed E-state index contributed by atoms with van der Waals surface area (Å²) in [6.07, 6.45) is 11.6. The molecule has 2 fully saturated rings. The van der Waals surface area contributed by atoms with Crippen LogP contribution in [0.5, 0.6) is 0 Å². The molecule has 2 atom stereocenters. The first kappa shape index (κ1) is 26.0. The van der Waals surface area contributed by atoms with E-state index >= 15 is 0 Å². The van der Waals surface area contributed by atoms with Crippen LogP contribution >= 0.6 is 0 Å². The Balaban J connectivity index is 0.000000531. The van der Waals surface area contributed by atoms with E-state index in [2.05, 4.69) is 19.9 Å². The van der Waals surface area contributed by atoms with Gasteiger partial charge in [-0.25, -0.2) is 0 Å². The Hall–Kier alpha value is -1.01. The third kappa shape index (κ3) is 11.4. The number of ether oxygens (including phenoxy) is 4. The molecule has 0 bridgehead atoms. The Kier molecular flexibility index (Phi) is 15.4. The number of cyclic esters (lactones) is 1. The third-order valence-corrected chi connectivity index (χ3v) is 5.00. The van der Waals surface area contributed by atoms with Gasteiger partial charge >= 0.3 is 5.97 Å². The van der Waals surface area contributed by atoms with Crippen LogP contribution in [-0.4, -0.2) is 48.1 Å². The predicted octanol–water partition coefficient (Wildman–Crippen LogP) is 4.46. The van der Waals surface area contributed by atoms with Gasteiger partial charge in [-0.2, -0.15) is 0 Å². The molecule has 155 valence electrons. The van der Waals surface area contributed by atoms with E-state index in [9.17, 15) is 4.79 Å². The van der Waals surface area contributed by atoms with E-state index < -0.39 is 0 Å². The number of hydrogen-bond acceptors (Lipinski definition) is 5. The smallest absolute Gasteiger partial charge is 0.305 e. The van der Waals surface area contributed by atoms with Gasteiger partial charge in [0, 0.05) is 41.9 Å². The van der Waals surface area contributed by atoms with Crippen molar-refractivity contribution in [2.24, 2.45) is 11.8 Å². The average Bonchev–Trinajstić information content (AvgIpc) is 2.67. The number of carbonyl (C=O) groups is 1. The summed E-state index contributed by atoms with van der Waals surface area (Å²) >= 11 is 0. The van der Waals surface area contributed by atoms with Gasteiger partial charge in [0.25, 0.3) is 0 Å². The van der Waals surface area contributed by atoms with Gasteiger partial charge < -0.3 is 18.9 Å². The molecule has 0 amide bonds. The molecule has 0 N–H and O–H groups in total. The number of methoxy groups -OCH3 is 2. The number of rotatable bonds is 8. The Labute approximate surface area is 167 Å². The number of allylic oxidation sites excluding steroid dienone is 1. The molecule has 0 saturated carbocycles. The van der Waals surface area contributed by atoms with Crippen molar-refractivity contribution in [2.45, 2.75) is 77.9 Å². The molecule has 2 unspecified atom stereocenters. The average molecular weight is 381 g/mol. The van der Waals surface area contributed by atoms with Crippen LogP contribution in [0.25, 0.3) is 0 Å². The highest BCUT2D eigenvalue weighted by Crippen LogP contribution is 2.25. The first-order valence-electron chi connectivity index (χ1n) is 10.2. The van der Waals surface area contributed by atoms with E-state index in [0.29, 0.717) is 18.9 Å². The molecule has 27 heavy (non-hydrogen) atoms. The molecule has 6 heteroatoms. The summed E-state index contributed by atoms with van der Waals surface area (Å²) in [5.74, 6) is 2.48. The standard InChI is InChI=1S/C13H24O3.C8H14O2.B/c1-4-5-11-6-7-12(16-10-11)8-9-13(14-2)15-3;1-2-3-7-4-5-8(9)10-6-7;/h8,11,13H,4-7,9-10H2,1-3H3;7H,2-6H2,1H3;/b12-8-;;. The molecule has 5 nitrogen and oxygen atoms in total. The van der Waals surface area contributed by atoms with E-state index in [1.165, 1.54) is 32.1 Å². The Bertz CT molecular complexity index is 389. The van der Waals surface area contributed by atoms with Crippen LogP contribution < -0.4 is 0 Å². The second kappa shape index (κ2) is 16.0. The second-order valence-corrected chi connectivity index (χ2v) is 7.19. The largest absolute Gasteiger partial charge is 0.498 e. The molecular weight excluding hydrogens is 343 g/mol. The van der Waals surface area contributed by atoms with E-state index in [-0.39, 0.29) is 20.7 Å². The molecule has 2 saturated heterocycles. The molecule has 2 rings (SSSR count). The zero-order valence-electron chi connectivity index (χ0n) is 17.7. The maximum atomic E-state index is 10.6. The molecule has 2 aliphatic heterocycles. The Morgan fingerprint density at radius 1 is 1.00 bits per heavy atom. The fourth-order valence-electron chi connectivity index (χ4n) is 3.36. The first-order valence-corrected chi connectivity index (χ1v) is 10.2. The highest BCUT2D eigenvalue weighted by molar-refractivity contribution is 5.75. The van der Waals surface area contributed by atoms with Crippen LogP contribution in [0.4, 0.5) is 0 Å². The molecule has 0 aromatic heterocycles. The van der Waals surface area contributed by atoms with Crippen molar-refractivity contribution in [1.82, 2.24) is 0 Å². The van der Waals surface area contributed by atoms with Gasteiger partial charge in [-0.3, -0.25) is 4.79 Å². The van der Waals surface area contributed by atoms with Crippen molar-refractivity contribution in [2.75, 3.05) is 27.4 Å². The van der Waals surface area contributed by atoms with E-state index in [1.807, 2.05) is 0 Å². The molecule has 3 radical (unpaired) electrons. The number of hydrogen-bond donors (Lipinski definition) is 0. The summed E-state index contributed by atoms with van der Waals surface area (Å²) in [7, 11) is 3.32. The molecule has 0 aromatic carbocycles. The lowest BCUT2D eigenvalue weighted by Crippen LogP contribution is -2.21. The SMILES string of the molecule is CCCC1CC/C(=C/CC(OC)OC)OC1.CCCC1CCC(=O)OC1.[B]. The van der Waals surface area contributed by atoms with Crippen LogP contribution in [-0.2, 0) is 23.7 Å². The third-order valence-electron chi connectivity index (χ3n) is 5.00. The van der Waals surface area contributed by atoms with Gasteiger partial charge in [0.05, 0.1) is 19.0 Å². The van der Waals surface area contributed by atoms with Crippen molar-refractivity contribution in [1.29, 1.82) is 0 Å². The molecule has 2 aliphatic rings. The van der Waals surface area contributed by atoms with Crippen molar-refractivity contribution in [3.63, 3.8) is 0 Å². The van der Waals surface area contributed by atoms with Gasteiger partial charge in [0.2, 0.25) is 0 Å². The maximum absolute atomic E-state index is 10.6. The van der Waals surface area contributed by atoms with Crippen LogP contribution in [0.1, 0.15) is 71.6 Å².